The number of rotatable bonds is 4. The molecule has 0 fully saturated rings. The van der Waals surface area contributed by atoms with Gasteiger partial charge in [-0.3, -0.25) is 0 Å². The Hall–Kier alpha value is -0.0900. The van der Waals surface area contributed by atoms with Crippen molar-refractivity contribution >= 4 is 27.5 Å². The number of halogens is 2. The summed E-state index contributed by atoms with van der Waals surface area (Å²) < 4.78 is 0.966. The Bertz CT molecular complexity index is 399. The molecule has 0 radical (unpaired) electrons. The fraction of sp³-hybridized carbons (Fsp3) is 0.538. The fourth-order valence-corrected chi connectivity index (χ4v) is 1.94. The SMILES string of the molecule is CC(C)(O)C(C)(C)NCc1ccc(Br)cc1Cl. The Morgan fingerprint density at radius 3 is 2.35 bits per heavy atom. The summed E-state index contributed by atoms with van der Waals surface area (Å²) in [7, 11) is 0. The minimum Gasteiger partial charge on any atom is -0.389 e. The van der Waals surface area contributed by atoms with Crippen molar-refractivity contribution in [3.05, 3.63) is 33.3 Å². The van der Waals surface area contributed by atoms with Crippen molar-refractivity contribution in [3.8, 4) is 0 Å². The van der Waals surface area contributed by atoms with Gasteiger partial charge in [0.15, 0.2) is 0 Å². The van der Waals surface area contributed by atoms with Crippen LogP contribution >= 0.6 is 27.5 Å². The quantitative estimate of drug-likeness (QED) is 0.885. The van der Waals surface area contributed by atoms with Crippen LogP contribution in [0, 0.1) is 0 Å². The van der Waals surface area contributed by atoms with Gasteiger partial charge in [0.2, 0.25) is 0 Å². The molecule has 0 aromatic heterocycles. The number of nitrogens with one attached hydrogen (secondary N) is 1. The smallest absolute Gasteiger partial charge is 0.0767 e. The third-order valence-electron chi connectivity index (χ3n) is 3.27. The molecule has 0 bridgehead atoms. The maximum atomic E-state index is 10.0. The normalized spacial score (nSPS) is 12.9. The molecule has 4 heteroatoms. The van der Waals surface area contributed by atoms with Crippen molar-refractivity contribution in [1.82, 2.24) is 5.32 Å². The van der Waals surface area contributed by atoms with Crippen molar-refractivity contribution in [3.63, 3.8) is 0 Å². The molecule has 17 heavy (non-hydrogen) atoms. The first-order valence-corrected chi connectivity index (χ1v) is 6.72. The van der Waals surface area contributed by atoms with E-state index in [1.807, 2.05) is 32.0 Å². The maximum Gasteiger partial charge on any atom is 0.0767 e. The lowest BCUT2D eigenvalue weighted by Gasteiger charge is -2.38. The Balaban J connectivity index is 2.74. The van der Waals surface area contributed by atoms with Gasteiger partial charge in [0, 0.05) is 21.6 Å². The van der Waals surface area contributed by atoms with Gasteiger partial charge >= 0.3 is 0 Å². The Morgan fingerprint density at radius 1 is 1.29 bits per heavy atom. The van der Waals surface area contributed by atoms with Crippen molar-refractivity contribution in [1.29, 1.82) is 0 Å². The van der Waals surface area contributed by atoms with Gasteiger partial charge in [-0.05, 0) is 45.4 Å². The molecule has 1 aromatic carbocycles. The Kier molecular flexibility index (Phi) is 4.64. The molecular weight excluding hydrogens is 302 g/mol. The van der Waals surface area contributed by atoms with Gasteiger partial charge in [0.25, 0.3) is 0 Å². The summed E-state index contributed by atoms with van der Waals surface area (Å²) in [5.74, 6) is 0. The summed E-state index contributed by atoms with van der Waals surface area (Å²) in [5, 5.41) is 14.1. The van der Waals surface area contributed by atoms with E-state index in [0.29, 0.717) is 6.54 Å². The second-order valence-corrected chi connectivity index (χ2v) is 6.60. The molecule has 0 aliphatic rings. The monoisotopic (exact) mass is 319 g/mol. The average Bonchev–Trinajstić information content (AvgIpc) is 2.14. The molecule has 2 nitrogen and oxygen atoms in total. The van der Waals surface area contributed by atoms with Crippen LogP contribution in [0.15, 0.2) is 22.7 Å². The van der Waals surface area contributed by atoms with E-state index in [4.69, 9.17) is 11.6 Å². The predicted octanol–water partition coefficient (Wildman–Crippen LogP) is 3.74. The summed E-state index contributed by atoms with van der Waals surface area (Å²) >= 11 is 9.51. The van der Waals surface area contributed by atoms with Crippen LogP contribution < -0.4 is 5.32 Å². The minimum absolute atomic E-state index is 0.386. The van der Waals surface area contributed by atoms with Crippen LogP contribution in [0.4, 0.5) is 0 Å². The molecule has 0 saturated carbocycles. The average molecular weight is 321 g/mol. The Labute approximate surface area is 117 Å². The standard InChI is InChI=1S/C13H19BrClNO/c1-12(2,13(3,4)17)16-8-9-5-6-10(14)7-11(9)15/h5-7,16-17H,8H2,1-4H3. The fourth-order valence-electron chi connectivity index (χ4n) is 1.20. The van der Waals surface area contributed by atoms with E-state index in [0.717, 1.165) is 15.1 Å². The van der Waals surface area contributed by atoms with Gasteiger partial charge < -0.3 is 10.4 Å². The van der Waals surface area contributed by atoms with Crippen molar-refractivity contribution in [2.75, 3.05) is 0 Å². The zero-order valence-electron chi connectivity index (χ0n) is 10.6. The number of aliphatic hydroxyl groups is 1. The first kappa shape index (κ1) is 15.0. The highest BCUT2D eigenvalue weighted by Gasteiger charge is 2.34. The number of benzene rings is 1. The van der Waals surface area contributed by atoms with E-state index in [1.54, 1.807) is 13.8 Å². The molecule has 1 aromatic rings. The second-order valence-electron chi connectivity index (χ2n) is 5.27. The van der Waals surface area contributed by atoms with Crippen LogP contribution in [-0.4, -0.2) is 16.2 Å². The third-order valence-corrected chi connectivity index (χ3v) is 4.11. The minimum atomic E-state index is -0.797. The summed E-state index contributed by atoms with van der Waals surface area (Å²) in [6.45, 7) is 8.16. The Morgan fingerprint density at radius 2 is 1.88 bits per heavy atom. The van der Waals surface area contributed by atoms with Crippen molar-refractivity contribution in [2.45, 2.75) is 45.4 Å². The lowest BCUT2D eigenvalue weighted by Crippen LogP contribution is -2.55. The van der Waals surface area contributed by atoms with Gasteiger partial charge in [-0.15, -0.1) is 0 Å². The molecule has 96 valence electrons. The molecule has 1 rings (SSSR count). The van der Waals surface area contributed by atoms with Crippen LogP contribution in [0.2, 0.25) is 5.02 Å². The van der Waals surface area contributed by atoms with Gasteiger partial charge in [-0.25, -0.2) is 0 Å². The zero-order chi connectivity index (χ0) is 13.3. The lowest BCUT2D eigenvalue weighted by molar-refractivity contribution is -0.00531. The molecule has 0 heterocycles. The lowest BCUT2D eigenvalue weighted by atomic mass is 9.86. The second kappa shape index (κ2) is 5.27. The number of hydrogen-bond acceptors (Lipinski definition) is 2. The van der Waals surface area contributed by atoms with E-state index >= 15 is 0 Å². The van der Waals surface area contributed by atoms with E-state index in [9.17, 15) is 5.11 Å². The van der Waals surface area contributed by atoms with E-state index < -0.39 is 5.60 Å². The van der Waals surface area contributed by atoms with Crippen LogP contribution in [0.3, 0.4) is 0 Å². The molecule has 0 atom stereocenters. The summed E-state index contributed by atoms with van der Waals surface area (Å²) in [5.41, 5.74) is -0.162. The van der Waals surface area contributed by atoms with E-state index in [-0.39, 0.29) is 5.54 Å². The first-order chi connectivity index (χ1) is 7.63. The topological polar surface area (TPSA) is 32.3 Å². The molecular formula is C13H19BrClNO. The van der Waals surface area contributed by atoms with E-state index in [1.165, 1.54) is 0 Å². The molecule has 0 aliphatic carbocycles. The molecule has 2 N–H and O–H groups in total. The zero-order valence-corrected chi connectivity index (χ0v) is 13.0. The molecule has 0 unspecified atom stereocenters. The van der Waals surface area contributed by atoms with Crippen LogP contribution in [0.1, 0.15) is 33.3 Å². The van der Waals surface area contributed by atoms with Crippen LogP contribution in [0.25, 0.3) is 0 Å². The third kappa shape index (κ3) is 3.95. The van der Waals surface area contributed by atoms with Gasteiger partial charge in [-0.2, -0.15) is 0 Å². The molecule has 0 aliphatic heterocycles. The predicted molar refractivity (Wildman–Crippen MR) is 76.4 cm³/mol. The van der Waals surface area contributed by atoms with Gasteiger partial charge in [-0.1, -0.05) is 33.6 Å². The maximum absolute atomic E-state index is 10.0. The first-order valence-electron chi connectivity index (χ1n) is 5.55. The van der Waals surface area contributed by atoms with Gasteiger partial charge in [0.05, 0.1) is 5.60 Å². The van der Waals surface area contributed by atoms with E-state index in [2.05, 4.69) is 21.2 Å². The summed E-state index contributed by atoms with van der Waals surface area (Å²) in [6, 6.07) is 5.80. The number of hydrogen-bond donors (Lipinski definition) is 2. The van der Waals surface area contributed by atoms with Crippen LogP contribution in [-0.2, 0) is 6.54 Å². The largest absolute Gasteiger partial charge is 0.389 e. The van der Waals surface area contributed by atoms with Crippen molar-refractivity contribution in [2.24, 2.45) is 0 Å². The van der Waals surface area contributed by atoms with Crippen molar-refractivity contribution < 1.29 is 5.11 Å². The highest BCUT2D eigenvalue weighted by Crippen LogP contribution is 2.24. The summed E-state index contributed by atoms with van der Waals surface area (Å²) in [4.78, 5) is 0. The molecule has 0 spiro atoms. The highest BCUT2D eigenvalue weighted by molar-refractivity contribution is 9.10. The highest BCUT2D eigenvalue weighted by atomic mass is 79.9. The molecule has 0 amide bonds. The van der Waals surface area contributed by atoms with Crippen LogP contribution in [0.5, 0.6) is 0 Å². The van der Waals surface area contributed by atoms with Gasteiger partial charge in [0.1, 0.15) is 0 Å². The molecule has 0 saturated heterocycles. The summed E-state index contributed by atoms with van der Waals surface area (Å²) in [6.07, 6.45) is 0.